The second kappa shape index (κ2) is 9.64. The molecule has 1 aromatic heterocycles. The first kappa shape index (κ1) is 22.1. The minimum atomic E-state index is -0.0211. The molecular formula is C27H33N3O3. The van der Waals surface area contributed by atoms with E-state index in [4.69, 9.17) is 0 Å². The fourth-order valence-electron chi connectivity index (χ4n) is 6.04. The predicted octanol–water partition coefficient (Wildman–Crippen LogP) is 2.71. The van der Waals surface area contributed by atoms with Gasteiger partial charge in [0.05, 0.1) is 13.0 Å². The van der Waals surface area contributed by atoms with Crippen LogP contribution in [0.15, 0.2) is 53.3 Å². The number of ketones is 1. The minimum Gasteiger partial charge on any atom is -0.342 e. The van der Waals surface area contributed by atoms with Crippen molar-refractivity contribution in [3.63, 3.8) is 0 Å². The smallest absolute Gasteiger partial charge is 0.250 e. The number of rotatable bonds is 6. The number of hydrogen-bond acceptors (Lipinski definition) is 4. The van der Waals surface area contributed by atoms with Crippen LogP contribution in [-0.4, -0.2) is 58.8 Å². The quantitative estimate of drug-likeness (QED) is 0.639. The first-order valence-electron chi connectivity index (χ1n) is 12.3. The molecule has 0 N–H and O–H groups in total. The third kappa shape index (κ3) is 5.11. The number of carbonyl (C=O) groups is 2. The van der Waals surface area contributed by atoms with E-state index in [1.807, 2.05) is 27.7 Å². The Labute approximate surface area is 195 Å². The molecule has 0 saturated carbocycles. The van der Waals surface area contributed by atoms with Crippen molar-refractivity contribution in [3.8, 4) is 0 Å². The molecule has 174 valence electrons. The van der Waals surface area contributed by atoms with Crippen molar-refractivity contribution in [1.29, 1.82) is 0 Å². The second-order valence-corrected chi connectivity index (χ2v) is 10.1. The fourth-order valence-corrected chi connectivity index (χ4v) is 6.04. The molecule has 2 bridgehead atoms. The van der Waals surface area contributed by atoms with Gasteiger partial charge in [0.2, 0.25) is 5.91 Å². The summed E-state index contributed by atoms with van der Waals surface area (Å²) in [6.45, 7) is 4.17. The van der Waals surface area contributed by atoms with Gasteiger partial charge >= 0.3 is 0 Å². The average Bonchev–Trinajstić information content (AvgIpc) is 2.81. The van der Waals surface area contributed by atoms with Gasteiger partial charge in [0, 0.05) is 50.4 Å². The van der Waals surface area contributed by atoms with Gasteiger partial charge in [-0.05, 0) is 49.1 Å². The third-order valence-electron chi connectivity index (χ3n) is 7.64. The first-order valence-corrected chi connectivity index (χ1v) is 12.3. The molecule has 2 fully saturated rings. The first-order chi connectivity index (χ1) is 16.0. The van der Waals surface area contributed by atoms with Crippen LogP contribution in [0, 0.1) is 11.8 Å². The molecule has 3 aliphatic rings. The van der Waals surface area contributed by atoms with Gasteiger partial charge in [0.1, 0.15) is 0 Å². The molecule has 33 heavy (non-hydrogen) atoms. The van der Waals surface area contributed by atoms with Crippen molar-refractivity contribution in [3.05, 3.63) is 70.1 Å². The second-order valence-electron chi connectivity index (χ2n) is 10.1. The zero-order valence-corrected chi connectivity index (χ0v) is 19.2. The Bertz CT molecular complexity index is 1060. The predicted molar refractivity (Wildman–Crippen MR) is 127 cm³/mol. The molecule has 0 radical (unpaired) electrons. The summed E-state index contributed by atoms with van der Waals surface area (Å²) >= 11 is 0. The van der Waals surface area contributed by atoms with Gasteiger partial charge in [-0.3, -0.25) is 19.3 Å². The summed E-state index contributed by atoms with van der Waals surface area (Å²) in [5, 5.41) is 0. The Hall–Kier alpha value is -2.73. The Kier molecular flexibility index (Phi) is 6.45. The van der Waals surface area contributed by atoms with E-state index in [1.165, 1.54) is 5.56 Å². The minimum absolute atomic E-state index is 0.00519. The molecule has 1 aromatic carbocycles. The van der Waals surface area contributed by atoms with E-state index in [-0.39, 0.29) is 23.7 Å². The Morgan fingerprint density at radius 1 is 0.909 bits per heavy atom. The van der Waals surface area contributed by atoms with Crippen molar-refractivity contribution in [2.75, 3.05) is 32.7 Å². The maximum Gasteiger partial charge on any atom is 0.250 e. The molecule has 4 heterocycles. The largest absolute Gasteiger partial charge is 0.342 e. The van der Waals surface area contributed by atoms with Gasteiger partial charge in [0.25, 0.3) is 5.56 Å². The number of piperidine rings is 2. The molecule has 3 aliphatic heterocycles. The summed E-state index contributed by atoms with van der Waals surface area (Å²) in [5.74, 6) is 1.28. The van der Waals surface area contributed by atoms with Crippen LogP contribution >= 0.6 is 0 Å². The molecule has 0 aliphatic carbocycles. The number of amides is 1. The highest BCUT2D eigenvalue weighted by Gasteiger charge is 2.35. The van der Waals surface area contributed by atoms with Crippen LogP contribution in [0.1, 0.15) is 42.9 Å². The third-order valence-corrected chi connectivity index (χ3v) is 7.64. The number of benzene rings is 1. The van der Waals surface area contributed by atoms with E-state index in [2.05, 4.69) is 29.2 Å². The molecule has 2 aromatic rings. The normalized spacial score (nSPS) is 23.2. The number of carbonyl (C=O) groups excluding carboxylic acids is 2. The zero-order chi connectivity index (χ0) is 22.8. The lowest BCUT2D eigenvalue weighted by atomic mass is 9.83. The maximum absolute atomic E-state index is 12.8. The summed E-state index contributed by atoms with van der Waals surface area (Å²) in [6, 6.07) is 16.0. The van der Waals surface area contributed by atoms with Crippen LogP contribution in [-0.2, 0) is 22.6 Å². The number of Topliss-reactive ketones (excluding diaryl/α,β-unsaturated/α-hetero) is 1. The lowest BCUT2D eigenvalue weighted by Crippen LogP contribution is -2.48. The standard InChI is InChI=1S/C27H33N3O3/c31-24(15-27(33)29-11-9-21(10-12-29)13-20-5-2-1-3-6-20)19-28-16-22-14-23(18-28)25-7-4-8-26(32)30(25)17-22/h1-8,21-23H,9-19H2. The van der Waals surface area contributed by atoms with Crippen LogP contribution in [0.2, 0.25) is 0 Å². The van der Waals surface area contributed by atoms with E-state index >= 15 is 0 Å². The van der Waals surface area contributed by atoms with E-state index in [0.29, 0.717) is 24.3 Å². The lowest BCUT2D eigenvalue weighted by molar-refractivity contribution is -0.137. The van der Waals surface area contributed by atoms with Crippen LogP contribution in [0.5, 0.6) is 0 Å². The van der Waals surface area contributed by atoms with E-state index in [9.17, 15) is 14.4 Å². The van der Waals surface area contributed by atoms with Crippen LogP contribution in [0.3, 0.4) is 0 Å². The molecule has 0 spiro atoms. The van der Waals surface area contributed by atoms with Crippen LogP contribution in [0.4, 0.5) is 0 Å². The number of aromatic nitrogens is 1. The molecule has 5 rings (SSSR count). The van der Waals surface area contributed by atoms with Crippen LogP contribution in [0.25, 0.3) is 0 Å². The summed E-state index contributed by atoms with van der Waals surface area (Å²) in [6.07, 6.45) is 4.15. The molecular weight excluding hydrogens is 414 g/mol. The van der Waals surface area contributed by atoms with Crippen molar-refractivity contribution in [1.82, 2.24) is 14.4 Å². The molecule has 6 nitrogen and oxygen atoms in total. The van der Waals surface area contributed by atoms with Gasteiger partial charge in [-0.25, -0.2) is 0 Å². The van der Waals surface area contributed by atoms with Gasteiger partial charge in [0.15, 0.2) is 5.78 Å². The van der Waals surface area contributed by atoms with Crippen LogP contribution < -0.4 is 5.56 Å². The Morgan fingerprint density at radius 3 is 2.48 bits per heavy atom. The summed E-state index contributed by atoms with van der Waals surface area (Å²) < 4.78 is 1.91. The molecule has 6 heteroatoms. The Morgan fingerprint density at radius 2 is 1.70 bits per heavy atom. The van der Waals surface area contributed by atoms with E-state index in [0.717, 1.165) is 64.1 Å². The molecule has 2 saturated heterocycles. The topological polar surface area (TPSA) is 62.6 Å². The molecule has 1 amide bonds. The monoisotopic (exact) mass is 447 g/mol. The van der Waals surface area contributed by atoms with Gasteiger partial charge in [-0.2, -0.15) is 0 Å². The maximum atomic E-state index is 12.8. The molecule has 2 atom stereocenters. The zero-order valence-electron chi connectivity index (χ0n) is 19.2. The highest BCUT2D eigenvalue weighted by Crippen LogP contribution is 2.34. The van der Waals surface area contributed by atoms with Crippen molar-refractivity contribution in [2.24, 2.45) is 11.8 Å². The SMILES string of the molecule is O=C(CC(=O)N1CCC(Cc2ccccc2)CC1)CN1CC2CC(C1)c1cccc(=O)n1C2. The number of likely N-dealkylation sites (tertiary alicyclic amines) is 2. The Balaban J connectivity index is 1.09. The van der Waals surface area contributed by atoms with Crippen molar-refractivity contribution in [2.45, 2.75) is 44.6 Å². The highest BCUT2D eigenvalue weighted by molar-refractivity contribution is 5.99. The number of nitrogens with zero attached hydrogens (tertiary/aromatic N) is 3. The van der Waals surface area contributed by atoms with Crippen molar-refractivity contribution < 1.29 is 9.59 Å². The highest BCUT2D eigenvalue weighted by atomic mass is 16.2. The average molecular weight is 448 g/mol. The summed E-state index contributed by atoms with van der Waals surface area (Å²) in [4.78, 5) is 41.8. The summed E-state index contributed by atoms with van der Waals surface area (Å²) in [5.41, 5.74) is 2.52. The van der Waals surface area contributed by atoms with E-state index in [1.54, 1.807) is 6.07 Å². The van der Waals surface area contributed by atoms with Gasteiger partial charge in [-0.15, -0.1) is 0 Å². The summed E-state index contributed by atoms with van der Waals surface area (Å²) in [7, 11) is 0. The number of fused-ring (bicyclic) bond motifs is 4. The van der Waals surface area contributed by atoms with E-state index < -0.39 is 0 Å². The van der Waals surface area contributed by atoms with Gasteiger partial charge in [-0.1, -0.05) is 36.4 Å². The lowest BCUT2D eigenvalue weighted by Gasteiger charge is -2.42. The fraction of sp³-hybridized carbons (Fsp3) is 0.519. The number of hydrogen-bond donors (Lipinski definition) is 0. The van der Waals surface area contributed by atoms with Crippen molar-refractivity contribution >= 4 is 11.7 Å². The van der Waals surface area contributed by atoms with Gasteiger partial charge < -0.3 is 9.47 Å². The number of pyridine rings is 1. The molecule has 2 unspecified atom stereocenters.